The number of benzene rings is 1. The summed E-state index contributed by atoms with van der Waals surface area (Å²) < 4.78 is 0. The third-order valence-electron chi connectivity index (χ3n) is 1.55. The molecule has 2 nitrogen and oxygen atoms in total. The number of aromatic hydroxyl groups is 1. The SMILES string of the molecule is Oc1c[c]ccc1-c1cscn1. The second kappa shape index (κ2) is 2.95. The van der Waals surface area contributed by atoms with Crippen LogP contribution in [0.3, 0.4) is 0 Å². The van der Waals surface area contributed by atoms with Crippen LogP contribution in [0.1, 0.15) is 0 Å². The molecule has 1 aromatic heterocycles. The van der Waals surface area contributed by atoms with Gasteiger partial charge in [-0.2, -0.15) is 0 Å². The summed E-state index contributed by atoms with van der Waals surface area (Å²) >= 11 is 1.51. The van der Waals surface area contributed by atoms with Gasteiger partial charge in [0, 0.05) is 10.9 Å². The molecule has 0 fully saturated rings. The normalized spacial score (nSPS) is 10.0. The first-order valence-electron chi connectivity index (χ1n) is 3.45. The Morgan fingerprint density at radius 3 is 3.08 bits per heavy atom. The summed E-state index contributed by atoms with van der Waals surface area (Å²) in [6.45, 7) is 0. The number of phenols is 1. The van der Waals surface area contributed by atoms with Gasteiger partial charge < -0.3 is 5.11 Å². The zero-order chi connectivity index (χ0) is 8.39. The molecule has 2 aromatic rings. The fourth-order valence-corrected chi connectivity index (χ4v) is 1.54. The molecular formula is C9H6NOS. The Bertz CT molecular complexity index is 370. The van der Waals surface area contributed by atoms with E-state index in [4.69, 9.17) is 0 Å². The molecular weight excluding hydrogens is 170 g/mol. The molecule has 0 bridgehead atoms. The van der Waals surface area contributed by atoms with Crippen molar-refractivity contribution in [2.24, 2.45) is 0 Å². The van der Waals surface area contributed by atoms with Crippen molar-refractivity contribution in [3.63, 3.8) is 0 Å². The van der Waals surface area contributed by atoms with E-state index >= 15 is 0 Å². The summed E-state index contributed by atoms with van der Waals surface area (Å²) in [6, 6.07) is 7.88. The number of nitrogens with zero attached hydrogens (tertiary/aromatic N) is 1. The summed E-state index contributed by atoms with van der Waals surface area (Å²) in [5.41, 5.74) is 3.31. The molecule has 1 aromatic carbocycles. The average molecular weight is 176 g/mol. The van der Waals surface area contributed by atoms with Crippen LogP contribution < -0.4 is 0 Å². The lowest BCUT2D eigenvalue weighted by Gasteiger charge is -1.98. The molecule has 0 unspecified atom stereocenters. The van der Waals surface area contributed by atoms with E-state index in [0.29, 0.717) is 0 Å². The van der Waals surface area contributed by atoms with Crippen molar-refractivity contribution < 1.29 is 5.11 Å². The van der Waals surface area contributed by atoms with Gasteiger partial charge in [0.05, 0.1) is 11.2 Å². The molecule has 0 aliphatic heterocycles. The van der Waals surface area contributed by atoms with Gasteiger partial charge in [-0.05, 0) is 18.2 Å². The summed E-state index contributed by atoms with van der Waals surface area (Å²) in [7, 11) is 0. The van der Waals surface area contributed by atoms with Crippen molar-refractivity contribution in [1.82, 2.24) is 4.98 Å². The first-order chi connectivity index (χ1) is 5.88. The maximum Gasteiger partial charge on any atom is 0.125 e. The van der Waals surface area contributed by atoms with Crippen LogP contribution in [0.4, 0.5) is 0 Å². The Morgan fingerprint density at radius 1 is 1.50 bits per heavy atom. The van der Waals surface area contributed by atoms with Crippen LogP contribution >= 0.6 is 11.3 Å². The zero-order valence-corrected chi connectivity index (χ0v) is 7.01. The Labute approximate surface area is 74.1 Å². The van der Waals surface area contributed by atoms with Crippen LogP contribution in [-0.4, -0.2) is 10.1 Å². The van der Waals surface area contributed by atoms with Crippen molar-refractivity contribution >= 4 is 11.3 Å². The lowest BCUT2D eigenvalue weighted by molar-refractivity contribution is 0.477. The highest BCUT2D eigenvalue weighted by Gasteiger charge is 2.03. The molecule has 1 heterocycles. The predicted molar refractivity (Wildman–Crippen MR) is 48.1 cm³/mol. The minimum Gasteiger partial charge on any atom is -0.507 e. The van der Waals surface area contributed by atoms with Gasteiger partial charge in [-0.15, -0.1) is 11.3 Å². The molecule has 0 spiro atoms. The summed E-state index contributed by atoms with van der Waals surface area (Å²) in [6.07, 6.45) is 0. The monoisotopic (exact) mass is 176 g/mol. The Balaban J connectivity index is 2.55. The minimum absolute atomic E-state index is 0.225. The van der Waals surface area contributed by atoms with Gasteiger partial charge in [-0.25, -0.2) is 4.98 Å². The van der Waals surface area contributed by atoms with Crippen LogP contribution in [0.15, 0.2) is 29.1 Å². The molecule has 2 rings (SSSR count). The van der Waals surface area contributed by atoms with Crippen molar-refractivity contribution in [1.29, 1.82) is 0 Å². The van der Waals surface area contributed by atoms with Crippen molar-refractivity contribution in [2.45, 2.75) is 0 Å². The Hall–Kier alpha value is -1.35. The summed E-state index contributed by atoms with van der Waals surface area (Å²) in [5, 5.41) is 11.3. The molecule has 0 amide bonds. The maximum atomic E-state index is 9.42. The van der Waals surface area contributed by atoms with Gasteiger partial charge in [0.15, 0.2) is 0 Å². The molecule has 12 heavy (non-hydrogen) atoms. The fourth-order valence-electron chi connectivity index (χ4n) is 0.984. The highest BCUT2D eigenvalue weighted by atomic mass is 32.1. The summed E-state index contributed by atoms with van der Waals surface area (Å²) in [4.78, 5) is 4.09. The molecule has 0 saturated heterocycles. The highest BCUT2D eigenvalue weighted by molar-refractivity contribution is 7.07. The number of phenolic OH excluding ortho intramolecular Hbond substituents is 1. The third kappa shape index (κ3) is 1.19. The number of rotatable bonds is 1. The standard InChI is InChI=1S/C9H6NOS/c11-9-4-2-1-3-7(9)8-5-12-6-10-8/h1,3-6,11H. The molecule has 0 atom stereocenters. The van der Waals surface area contributed by atoms with Crippen LogP contribution in [0.5, 0.6) is 5.75 Å². The fraction of sp³-hybridized carbons (Fsp3) is 0. The number of hydrogen-bond acceptors (Lipinski definition) is 3. The van der Waals surface area contributed by atoms with E-state index in [1.165, 1.54) is 17.4 Å². The van der Waals surface area contributed by atoms with E-state index < -0.39 is 0 Å². The molecule has 0 aliphatic rings. The van der Waals surface area contributed by atoms with E-state index in [1.54, 1.807) is 17.6 Å². The number of hydrogen-bond donors (Lipinski definition) is 1. The second-order valence-corrected chi connectivity index (χ2v) is 3.04. The lowest BCUT2D eigenvalue weighted by atomic mass is 10.1. The molecule has 3 heteroatoms. The number of thiazole rings is 1. The first-order valence-corrected chi connectivity index (χ1v) is 4.40. The third-order valence-corrected chi connectivity index (χ3v) is 2.14. The smallest absolute Gasteiger partial charge is 0.125 e. The van der Waals surface area contributed by atoms with Gasteiger partial charge in [-0.3, -0.25) is 0 Å². The first kappa shape index (κ1) is 7.31. The van der Waals surface area contributed by atoms with Crippen molar-refractivity contribution in [2.75, 3.05) is 0 Å². The number of aromatic nitrogens is 1. The van der Waals surface area contributed by atoms with Crippen LogP contribution in [0.2, 0.25) is 0 Å². The Morgan fingerprint density at radius 2 is 2.42 bits per heavy atom. The van der Waals surface area contributed by atoms with Gasteiger partial charge in [0.2, 0.25) is 0 Å². The largest absolute Gasteiger partial charge is 0.507 e. The molecule has 0 aliphatic carbocycles. The lowest BCUT2D eigenvalue weighted by Crippen LogP contribution is -1.76. The quantitative estimate of drug-likeness (QED) is 0.723. The van der Waals surface area contributed by atoms with Crippen LogP contribution in [0, 0.1) is 6.07 Å². The predicted octanol–water partition coefficient (Wildman–Crippen LogP) is 2.32. The average Bonchev–Trinajstić information content (AvgIpc) is 2.57. The topological polar surface area (TPSA) is 33.1 Å². The van der Waals surface area contributed by atoms with Gasteiger partial charge in [0.1, 0.15) is 5.75 Å². The van der Waals surface area contributed by atoms with E-state index in [1.807, 2.05) is 5.38 Å². The van der Waals surface area contributed by atoms with E-state index in [-0.39, 0.29) is 5.75 Å². The molecule has 0 saturated carbocycles. The van der Waals surface area contributed by atoms with Gasteiger partial charge in [0.25, 0.3) is 0 Å². The van der Waals surface area contributed by atoms with Crippen LogP contribution in [-0.2, 0) is 0 Å². The van der Waals surface area contributed by atoms with E-state index in [0.717, 1.165) is 11.3 Å². The van der Waals surface area contributed by atoms with Crippen molar-refractivity contribution in [3.05, 3.63) is 35.2 Å². The maximum absolute atomic E-state index is 9.42. The molecule has 1 N–H and O–H groups in total. The van der Waals surface area contributed by atoms with Crippen LogP contribution in [0.25, 0.3) is 11.3 Å². The summed E-state index contributed by atoms with van der Waals surface area (Å²) in [5.74, 6) is 0.225. The van der Waals surface area contributed by atoms with Crippen molar-refractivity contribution in [3.8, 4) is 17.0 Å². The second-order valence-electron chi connectivity index (χ2n) is 2.32. The Kier molecular flexibility index (Phi) is 1.80. The van der Waals surface area contributed by atoms with E-state index in [2.05, 4.69) is 11.1 Å². The van der Waals surface area contributed by atoms with E-state index in [9.17, 15) is 5.11 Å². The van der Waals surface area contributed by atoms with Gasteiger partial charge >= 0.3 is 0 Å². The zero-order valence-electron chi connectivity index (χ0n) is 6.19. The highest BCUT2D eigenvalue weighted by Crippen LogP contribution is 2.27. The molecule has 59 valence electrons. The molecule has 1 radical (unpaired) electrons. The van der Waals surface area contributed by atoms with Gasteiger partial charge in [-0.1, -0.05) is 6.07 Å². The minimum atomic E-state index is 0.225.